The Morgan fingerprint density at radius 2 is 2.00 bits per heavy atom. The number of hydrogen-bond acceptors (Lipinski definition) is 6. The molecule has 2 aromatic rings. The molecular formula is C14H17N5O3. The van der Waals surface area contributed by atoms with Crippen molar-refractivity contribution in [3.63, 3.8) is 0 Å². The van der Waals surface area contributed by atoms with E-state index in [9.17, 15) is 4.79 Å². The number of aromatic nitrogens is 4. The Morgan fingerprint density at radius 3 is 2.55 bits per heavy atom. The topological polar surface area (TPSA) is 93.4 Å². The van der Waals surface area contributed by atoms with Crippen LogP contribution in [-0.4, -0.2) is 51.0 Å². The monoisotopic (exact) mass is 303 g/mol. The second-order valence-electron chi connectivity index (χ2n) is 5.14. The molecule has 1 saturated heterocycles. The summed E-state index contributed by atoms with van der Waals surface area (Å²) in [7, 11) is 1.40. The number of aromatic carboxylic acids is 1. The first-order valence-corrected chi connectivity index (χ1v) is 7.08. The fraction of sp³-hybridized carbons (Fsp3) is 0.429. The maximum atomic E-state index is 11.1. The van der Waals surface area contributed by atoms with Crippen LogP contribution in [0, 0.1) is 0 Å². The molecule has 0 unspecified atom stereocenters. The average Bonchev–Trinajstić information content (AvgIpc) is 3.17. The molecule has 1 N–H and O–H groups in total. The molecule has 3 rings (SSSR count). The SMILES string of the molecule is COc1nn(Cc2cnc(N3CCCC3)nc2)cc1C(=O)O. The van der Waals surface area contributed by atoms with E-state index in [1.165, 1.54) is 30.8 Å². The van der Waals surface area contributed by atoms with Gasteiger partial charge in [-0.25, -0.2) is 14.8 Å². The average molecular weight is 303 g/mol. The molecule has 1 aliphatic rings. The Labute approximate surface area is 127 Å². The predicted octanol–water partition coefficient (Wildman–Crippen LogP) is 1.03. The van der Waals surface area contributed by atoms with Gasteiger partial charge in [-0.2, -0.15) is 0 Å². The number of rotatable bonds is 5. The molecule has 0 aromatic carbocycles. The van der Waals surface area contributed by atoms with E-state index in [1.807, 2.05) is 0 Å². The normalized spacial score (nSPS) is 14.3. The van der Waals surface area contributed by atoms with E-state index in [4.69, 9.17) is 9.84 Å². The molecule has 0 spiro atoms. The minimum Gasteiger partial charge on any atom is -0.479 e. The predicted molar refractivity (Wildman–Crippen MR) is 78.3 cm³/mol. The fourth-order valence-electron chi connectivity index (χ4n) is 2.48. The van der Waals surface area contributed by atoms with Crippen LogP contribution < -0.4 is 9.64 Å². The molecule has 0 bridgehead atoms. The van der Waals surface area contributed by atoms with Gasteiger partial charge in [0.15, 0.2) is 0 Å². The Hall–Kier alpha value is -2.64. The van der Waals surface area contributed by atoms with E-state index in [1.54, 1.807) is 12.4 Å². The summed E-state index contributed by atoms with van der Waals surface area (Å²) in [6, 6.07) is 0. The van der Waals surface area contributed by atoms with Gasteiger partial charge in [0.2, 0.25) is 11.8 Å². The molecule has 0 atom stereocenters. The third kappa shape index (κ3) is 2.85. The molecule has 0 aliphatic carbocycles. The van der Waals surface area contributed by atoms with Crippen molar-refractivity contribution in [1.82, 2.24) is 19.7 Å². The van der Waals surface area contributed by atoms with Crippen molar-refractivity contribution in [3.05, 3.63) is 29.7 Å². The number of carboxylic acids is 1. The van der Waals surface area contributed by atoms with E-state index in [0.717, 1.165) is 24.6 Å². The highest BCUT2D eigenvalue weighted by Gasteiger charge is 2.17. The molecule has 8 nitrogen and oxygen atoms in total. The molecule has 22 heavy (non-hydrogen) atoms. The van der Waals surface area contributed by atoms with Gasteiger partial charge < -0.3 is 14.7 Å². The summed E-state index contributed by atoms with van der Waals surface area (Å²) in [5, 5.41) is 13.2. The second-order valence-corrected chi connectivity index (χ2v) is 5.14. The van der Waals surface area contributed by atoms with Crippen LogP contribution >= 0.6 is 0 Å². The molecule has 0 radical (unpaired) electrons. The zero-order chi connectivity index (χ0) is 15.5. The van der Waals surface area contributed by atoms with Gasteiger partial charge >= 0.3 is 5.97 Å². The van der Waals surface area contributed by atoms with Gasteiger partial charge in [0.25, 0.3) is 0 Å². The molecule has 1 fully saturated rings. The van der Waals surface area contributed by atoms with Crippen molar-refractivity contribution >= 4 is 11.9 Å². The molecule has 8 heteroatoms. The number of carbonyl (C=O) groups is 1. The van der Waals surface area contributed by atoms with E-state index in [-0.39, 0.29) is 11.4 Å². The quantitative estimate of drug-likeness (QED) is 0.881. The van der Waals surface area contributed by atoms with Crippen molar-refractivity contribution < 1.29 is 14.6 Å². The van der Waals surface area contributed by atoms with Crippen molar-refractivity contribution in [1.29, 1.82) is 0 Å². The molecule has 116 valence electrons. The summed E-state index contributed by atoms with van der Waals surface area (Å²) >= 11 is 0. The standard InChI is InChI=1S/C14H17N5O3/c1-22-12-11(13(20)21)9-19(17-12)8-10-6-15-14(16-7-10)18-4-2-3-5-18/h6-7,9H,2-5,8H2,1H3,(H,20,21). The third-order valence-electron chi connectivity index (χ3n) is 3.58. The lowest BCUT2D eigenvalue weighted by atomic mass is 10.3. The first-order chi connectivity index (χ1) is 10.7. The summed E-state index contributed by atoms with van der Waals surface area (Å²) in [5.41, 5.74) is 0.891. The van der Waals surface area contributed by atoms with E-state index in [2.05, 4.69) is 20.0 Å². The zero-order valence-corrected chi connectivity index (χ0v) is 12.3. The third-order valence-corrected chi connectivity index (χ3v) is 3.58. The minimum absolute atomic E-state index is 0.0390. The second kappa shape index (κ2) is 6.00. The molecule has 0 saturated carbocycles. The Kier molecular flexibility index (Phi) is 3.90. The summed E-state index contributed by atoms with van der Waals surface area (Å²) in [6.07, 6.45) is 7.28. The van der Waals surface area contributed by atoms with Crippen molar-refractivity contribution in [2.75, 3.05) is 25.1 Å². The number of nitrogens with zero attached hydrogens (tertiary/aromatic N) is 5. The van der Waals surface area contributed by atoms with E-state index in [0.29, 0.717) is 6.54 Å². The van der Waals surface area contributed by atoms with Gasteiger partial charge in [0.05, 0.1) is 13.7 Å². The summed E-state index contributed by atoms with van der Waals surface area (Å²) in [6.45, 7) is 2.39. The first kappa shape index (κ1) is 14.3. The summed E-state index contributed by atoms with van der Waals surface area (Å²) < 4.78 is 6.47. The largest absolute Gasteiger partial charge is 0.479 e. The van der Waals surface area contributed by atoms with Crippen LogP contribution in [0.1, 0.15) is 28.8 Å². The number of carboxylic acid groups (broad SMARTS) is 1. The van der Waals surface area contributed by atoms with Crippen LogP contribution in [0.5, 0.6) is 5.88 Å². The van der Waals surface area contributed by atoms with E-state index >= 15 is 0 Å². The zero-order valence-electron chi connectivity index (χ0n) is 12.3. The number of methoxy groups -OCH3 is 1. The minimum atomic E-state index is -1.07. The van der Waals surface area contributed by atoms with Crippen LogP contribution in [0.2, 0.25) is 0 Å². The number of hydrogen-bond donors (Lipinski definition) is 1. The maximum absolute atomic E-state index is 11.1. The van der Waals surface area contributed by atoms with Crippen molar-refractivity contribution in [2.45, 2.75) is 19.4 Å². The lowest BCUT2D eigenvalue weighted by Gasteiger charge is -2.14. The van der Waals surface area contributed by atoms with Crippen LogP contribution in [0.15, 0.2) is 18.6 Å². The Balaban J connectivity index is 1.74. The highest BCUT2D eigenvalue weighted by Crippen LogP contribution is 2.17. The lowest BCUT2D eigenvalue weighted by Crippen LogP contribution is -2.20. The lowest BCUT2D eigenvalue weighted by molar-refractivity contribution is 0.0693. The number of anilines is 1. The summed E-state index contributed by atoms with van der Waals surface area (Å²) in [5.74, 6) is -0.226. The smallest absolute Gasteiger partial charge is 0.342 e. The molecule has 0 amide bonds. The van der Waals surface area contributed by atoms with Crippen molar-refractivity contribution in [3.8, 4) is 5.88 Å². The molecular weight excluding hydrogens is 286 g/mol. The van der Waals surface area contributed by atoms with Crippen LogP contribution in [-0.2, 0) is 6.54 Å². The van der Waals surface area contributed by atoms with Gasteiger partial charge in [-0.1, -0.05) is 0 Å². The molecule has 3 heterocycles. The van der Waals surface area contributed by atoms with Crippen LogP contribution in [0.25, 0.3) is 0 Å². The maximum Gasteiger partial charge on any atom is 0.342 e. The number of ether oxygens (including phenoxy) is 1. The van der Waals surface area contributed by atoms with Crippen LogP contribution in [0.3, 0.4) is 0 Å². The summed E-state index contributed by atoms with van der Waals surface area (Å²) in [4.78, 5) is 22.0. The van der Waals surface area contributed by atoms with Gasteiger partial charge in [-0.3, -0.25) is 4.68 Å². The van der Waals surface area contributed by atoms with Gasteiger partial charge in [0.1, 0.15) is 5.56 Å². The highest BCUT2D eigenvalue weighted by atomic mass is 16.5. The van der Waals surface area contributed by atoms with Gasteiger partial charge in [-0.05, 0) is 12.8 Å². The van der Waals surface area contributed by atoms with Crippen LogP contribution in [0.4, 0.5) is 5.95 Å². The Morgan fingerprint density at radius 1 is 1.32 bits per heavy atom. The van der Waals surface area contributed by atoms with Gasteiger partial charge in [0, 0.05) is 37.2 Å². The highest BCUT2D eigenvalue weighted by molar-refractivity contribution is 5.89. The fourth-order valence-corrected chi connectivity index (χ4v) is 2.48. The molecule has 2 aromatic heterocycles. The molecule has 1 aliphatic heterocycles. The van der Waals surface area contributed by atoms with Crippen molar-refractivity contribution in [2.24, 2.45) is 0 Å². The van der Waals surface area contributed by atoms with E-state index < -0.39 is 5.97 Å². The Bertz CT molecular complexity index is 662. The van der Waals surface area contributed by atoms with Gasteiger partial charge in [-0.15, -0.1) is 5.10 Å². The first-order valence-electron chi connectivity index (χ1n) is 7.08.